The molecule has 5 nitrogen and oxygen atoms in total. The minimum atomic E-state index is -0.535. The number of anilines is 1. The molecule has 0 radical (unpaired) electrons. The fourth-order valence-electron chi connectivity index (χ4n) is 1.78. The van der Waals surface area contributed by atoms with Crippen LogP contribution in [0.2, 0.25) is 0 Å². The normalized spacial score (nSPS) is 16.9. The Kier molecular flexibility index (Phi) is 2.21. The topological polar surface area (TPSA) is 54.2 Å². The lowest BCUT2D eigenvalue weighted by Crippen LogP contribution is -2.43. The molecular formula is C10H11FN4O. The molecule has 1 aliphatic rings. The first kappa shape index (κ1) is 9.53. The smallest absolute Gasteiger partial charge is 0.300 e. The third kappa shape index (κ3) is 1.61. The Morgan fingerprint density at radius 2 is 2.06 bits per heavy atom. The summed E-state index contributed by atoms with van der Waals surface area (Å²) in [6.45, 7) is 3.49. The van der Waals surface area contributed by atoms with Crippen molar-refractivity contribution in [3.8, 4) is 0 Å². The monoisotopic (exact) mass is 222 g/mol. The summed E-state index contributed by atoms with van der Waals surface area (Å²) in [5, 5.41) is 3.24. The van der Waals surface area contributed by atoms with Crippen molar-refractivity contribution in [2.24, 2.45) is 0 Å². The highest BCUT2D eigenvalue weighted by Crippen LogP contribution is 2.20. The molecule has 0 atom stereocenters. The van der Waals surface area contributed by atoms with Gasteiger partial charge in [0.2, 0.25) is 11.6 Å². The third-order valence-electron chi connectivity index (χ3n) is 2.60. The standard InChI is InChI=1S/C10H11FN4O/c11-8-2-1-7-9(13-8)14-10(16-7)15-5-3-12-4-6-15/h1-2,12H,3-6H2. The number of rotatable bonds is 1. The first-order valence-corrected chi connectivity index (χ1v) is 5.22. The average Bonchev–Trinajstić information content (AvgIpc) is 2.73. The van der Waals surface area contributed by atoms with E-state index < -0.39 is 5.95 Å². The Hall–Kier alpha value is -1.69. The Labute approximate surface area is 91.3 Å². The van der Waals surface area contributed by atoms with E-state index in [1.165, 1.54) is 6.07 Å². The van der Waals surface area contributed by atoms with E-state index in [0.29, 0.717) is 17.2 Å². The van der Waals surface area contributed by atoms with Crippen molar-refractivity contribution in [1.29, 1.82) is 0 Å². The quantitative estimate of drug-likeness (QED) is 0.722. The number of oxazole rings is 1. The number of hydrogen-bond acceptors (Lipinski definition) is 5. The van der Waals surface area contributed by atoms with E-state index in [-0.39, 0.29) is 0 Å². The van der Waals surface area contributed by atoms with Crippen LogP contribution in [0.25, 0.3) is 11.2 Å². The van der Waals surface area contributed by atoms with Crippen molar-refractivity contribution in [2.75, 3.05) is 31.1 Å². The molecule has 0 bridgehead atoms. The van der Waals surface area contributed by atoms with E-state index in [4.69, 9.17) is 4.42 Å². The first-order valence-electron chi connectivity index (χ1n) is 5.22. The summed E-state index contributed by atoms with van der Waals surface area (Å²) in [7, 11) is 0. The van der Waals surface area contributed by atoms with Gasteiger partial charge in [0, 0.05) is 26.2 Å². The molecule has 16 heavy (non-hydrogen) atoms. The minimum absolute atomic E-state index is 0.327. The fraction of sp³-hybridized carbons (Fsp3) is 0.400. The molecule has 0 saturated carbocycles. The predicted octanol–water partition coefficient (Wildman–Crippen LogP) is 0.771. The molecule has 2 aromatic rings. The number of halogens is 1. The van der Waals surface area contributed by atoms with Crippen LogP contribution in [0.3, 0.4) is 0 Å². The fourth-order valence-corrected chi connectivity index (χ4v) is 1.78. The Bertz CT molecular complexity index is 506. The highest BCUT2D eigenvalue weighted by Gasteiger charge is 2.16. The Morgan fingerprint density at radius 3 is 2.88 bits per heavy atom. The largest absolute Gasteiger partial charge is 0.422 e. The van der Waals surface area contributed by atoms with E-state index in [1.54, 1.807) is 6.07 Å². The second-order valence-electron chi connectivity index (χ2n) is 3.69. The van der Waals surface area contributed by atoms with Gasteiger partial charge in [-0.3, -0.25) is 0 Å². The number of aromatic nitrogens is 2. The number of nitrogens with zero attached hydrogens (tertiary/aromatic N) is 3. The van der Waals surface area contributed by atoms with E-state index in [1.807, 2.05) is 4.90 Å². The van der Waals surface area contributed by atoms with Crippen LogP contribution in [-0.2, 0) is 0 Å². The number of hydrogen-bond donors (Lipinski definition) is 1. The van der Waals surface area contributed by atoms with Gasteiger partial charge < -0.3 is 14.6 Å². The zero-order valence-corrected chi connectivity index (χ0v) is 8.61. The molecule has 1 aliphatic heterocycles. The molecule has 2 aromatic heterocycles. The maximum atomic E-state index is 12.9. The lowest BCUT2D eigenvalue weighted by molar-refractivity contribution is 0.517. The number of pyridine rings is 1. The molecule has 0 unspecified atom stereocenters. The van der Waals surface area contributed by atoms with Crippen LogP contribution in [0.5, 0.6) is 0 Å². The van der Waals surface area contributed by atoms with Crippen molar-refractivity contribution >= 4 is 17.2 Å². The summed E-state index contributed by atoms with van der Waals surface area (Å²) >= 11 is 0. The molecule has 84 valence electrons. The van der Waals surface area contributed by atoms with Gasteiger partial charge in [-0.05, 0) is 12.1 Å². The molecule has 1 fully saturated rings. The van der Waals surface area contributed by atoms with Gasteiger partial charge in [-0.15, -0.1) is 0 Å². The van der Waals surface area contributed by atoms with E-state index in [9.17, 15) is 4.39 Å². The summed E-state index contributed by atoms with van der Waals surface area (Å²) < 4.78 is 18.4. The van der Waals surface area contributed by atoms with Crippen LogP contribution >= 0.6 is 0 Å². The lowest BCUT2D eigenvalue weighted by atomic mass is 10.4. The maximum absolute atomic E-state index is 12.9. The highest BCUT2D eigenvalue weighted by molar-refractivity contribution is 5.69. The molecule has 0 spiro atoms. The lowest BCUT2D eigenvalue weighted by Gasteiger charge is -2.25. The number of fused-ring (bicyclic) bond motifs is 1. The van der Waals surface area contributed by atoms with Crippen LogP contribution in [0.15, 0.2) is 16.5 Å². The molecule has 1 saturated heterocycles. The van der Waals surface area contributed by atoms with Crippen molar-refractivity contribution < 1.29 is 8.81 Å². The Balaban J connectivity index is 1.97. The Morgan fingerprint density at radius 1 is 1.25 bits per heavy atom. The third-order valence-corrected chi connectivity index (χ3v) is 2.60. The van der Waals surface area contributed by atoms with E-state index in [2.05, 4.69) is 15.3 Å². The van der Waals surface area contributed by atoms with Gasteiger partial charge in [0.25, 0.3) is 6.01 Å². The number of piperazine rings is 1. The molecular weight excluding hydrogens is 211 g/mol. The second-order valence-corrected chi connectivity index (χ2v) is 3.69. The molecule has 3 rings (SSSR count). The SMILES string of the molecule is Fc1ccc2oc(N3CCNCC3)nc2n1. The molecule has 0 amide bonds. The molecule has 0 aromatic carbocycles. The van der Waals surface area contributed by atoms with Gasteiger partial charge in [-0.25, -0.2) is 0 Å². The molecule has 6 heteroatoms. The van der Waals surface area contributed by atoms with Gasteiger partial charge in [-0.2, -0.15) is 14.4 Å². The van der Waals surface area contributed by atoms with Crippen molar-refractivity contribution in [2.45, 2.75) is 0 Å². The number of nitrogens with one attached hydrogen (secondary N) is 1. The summed E-state index contributed by atoms with van der Waals surface area (Å²) in [4.78, 5) is 9.88. The van der Waals surface area contributed by atoms with Gasteiger partial charge in [0.15, 0.2) is 5.58 Å². The maximum Gasteiger partial charge on any atom is 0.300 e. The van der Waals surface area contributed by atoms with Crippen molar-refractivity contribution in [3.63, 3.8) is 0 Å². The van der Waals surface area contributed by atoms with Crippen molar-refractivity contribution in [1.82, 2.24) is 15.3 Å². The van der Waals surface area contributed by atoms with Crippen LogP contribution in [0, 0.1) is 5.95 Å². The van der Waals surface area contributed by atoms with Gasteiger partial charge in [0.05, 0.1) is 0 Å². The van der Waals surface area contributed by atoms with Crippen LogP contribution < -0.4 is 10.2 Å². The second kappa shape index (κ2) is 3.71. The van der Waals surface area contributed by atoms with Gasteiger partial charge in [-0.1, -0.05) is 0 Å². The van der Waals surface area contributed by atoms with Crippen molar-refractivity contribution in [3.05, 3.63) is 18.1 Å². The molecule has 3 heterocycles. The zero-order valence-electron chi connectivity index (χ0n) is 8.61. The van der Waals surface area contributed by atoms with E-state index in [0.717, 1.165) is 26.2 Å². The van der Waals surface area contributed by atoms with E-state index >= 15 is 0 Å². The average molecular weight is 222 g/mol. The predicted molar refractivity (Wildman–Crippen MR) is 56.8 cm³/mol. The van der Waals surface area contributed by atoms with Crippen LogP contribution in [0.1, 0.15) is 0 Å². The minimum Gasteiger partial charge on any atom is -0.422 e. The zero-order chi connectivity index (χ0) is 11.0. The molecule has 1 N–H and O–H groups in total. The summed E-state index contributed by atoms with van der Waals surface area (Å²) in [5.41, 5.74) is 0.850. The first-order chi connectivity index (χ1) is 7.83. The summed E-state index contributed by atoms with van der Waals surface area (Å²) in [6, 6.07) is 3.35. The van der Waals surface area contributed by atoms with Gasteiger partial charge in [0.1, 0.15) is 0 Å². The summed E-state index contributed by atoms with van der Waals surface area (Å²) in [6.07, 6.45) is 0. The van der Waals surface area contributed by atoms with Gasteiger partial charge >= 0.3 is 0 Å². The van der Waals surface area contributed by atoms with Crippen LogP contribution in [0.4, 0.5) is 10.4 Å². The highest BCUT2D eigenvalue weighted by atomic mass is 19.1. The molecule has 0 aliphatic carbocycles. The van der Waals surface area contributed by atoms with Crippen LogP contribution in [-0.4, -0.2) is 36.1 Å². The summed E-state index contributed by atoms with van der Waals surface area (Å²) in [5.74, 6) is -0.535.